The van der Waals surface area contributed by atoms with Gasteiger partial charge in [0.05, 0.1) is 19.2 Å². The molecule has 1 heterocycles. The average molecular weight is 278 g/mol. The summed E-state index contributed by atoms with van der Waals surface area (Å²) < 4.78 is 8.03. The number of aryl methyl sites for hydroxylation is 1. The summed E-state index contributed by atoms with van der Waals surface area (Å²) in [4.78, 5) is 12.0. The molecule has 0 atom stereocenters. The zero-order chi connectivity index (χ0) is 14.0. The Morgan fingerprint density at radius 3 is 2.79 bits per heavy atom. The van der Waals surface area contributed by atoms with Gasteiger partial charge in [-0.05, 0) is 17.7 Å². The molecule has 0 amide bonds. The number of methoxy groups -OCH3 is 1. The number of hydrogen-bond donors (Lipinski definition) is 1. The van der Waals surface area contributed by atoms with Crippen molar-refractivity contribution in [2.45, 2.75) is 6.54 Å². The van der Waals surface area contributed by atoms with E-state index < -0.39 is 0 Å². The van der Waals surface area contributed by atoms with E-state index in [1.165, 1.54) is 15.6 Å². The molecular formula is C12H14N4O2S. The lowest BCUT2D eigenvalue weighted by Crippen LogP contribution is -2.23. The van der Waals surface area contributed by atoms with Crippen molar-refractivity contribution in [3.63, 3.8) is 0 Å². The molecule has 0 radical (unpaired) electrons. The maximum absolute atomic E-state index is 11.7. The van der Waals surface area contributed by atoms with Gasteiger partial charge in [-0.15, -0.1) is 0 Å². The van der Waals surface area contributed by atoms with E-state index in [1.54, 1.807) is 26.3 Å². The van der Waals surface area contributed by atoms with Gasteiger partial charge in [0.15, 0.2) is 0 Å². The van der Waals surface area contributed by atoms with Crippen LogP contribution in [0.1, 0.15) is 11.1 Å². The number of aromatic nitrogens is 3. The topological polar surface area (TPSA) is 75.1 Å². The third kappa shape index (κ3) is 2.65. The van der Waals surface area contributed by atoms with Crippen LogP contribution < -0.4 is 16.2 Å². The number of rotatable bonds is 4. The molecule has 0 aliphatic rings. The van der Waals surface area contributed by atoms with Crippen molar-refractivity contribution in [1.82, 2.24) is 14.3 Å². The van der Waals surface area contributed by atoms with Crippen molar-refractivity contribution < 1.29 is 4.74 Å². The second kappa shape index (κ2) is 5.23. The number of benzene rings is 1. The summed E-state index contributed by atoms with van der Waals surface area (Å²) in [7, 11) is 3.20. The van der Waals surface area contributed by atoms with Crippen LogP contribution in [0, 0.1) is 0 Å². The van der Waals surface area contributed by atoms with E-state index in [1.807, 2.05) is 6.07 Å². The van der Waals surface area contributed by atoms with E-state index in [0.29, 0.717) is 17.9 Å². The highest BCUT2D eigenvalue weighted by atomic mass is 32.1. The zero-order valence-electron chi connectivity index (χ0n) is 10.7. The molecule has 2 N–H and O–H groups in total. The molecule has 0 bridgehead atoms. The molecular weight excluding hydrogens is 264 g/mol. The molecule has 0 spiro atoms. The summed E-state index contributed by atoms with van der Waals surface area (Å²) in [5.41, 5.74) is 6.99. The molecule has 1 aromatic carbocycles. The third-order valence-electron chi connectivity index (χ3n) is 2.75. The molecule has 2 rings (SSSR count). The number of nitrogens with zero attached hydrogens (tertiary/aromatic N) is 3. The summed E-state index contributed by atoms with van der Waals surface area (Å²) in [6.45, 7) is 0.369. The first-order valence-corrected chi connectivity index (χ1v) is 5.99. The van der Waals surface area contributed by atoms with Gasteiger partial charge in [0, 0.05) is 7.05 Å². The highest BCUT2D eigenvalue weighted by Crippen LogP contribution is 2.20. The molecule has 100 valence electrons. The molecule has 6 nitrogen and oxygen atoms in total. The van der Waals surface area contributed by atoms with Gasteiger partial charge in [-0.3, -0.25) is 4.57 Å². The second-order valence-electron chi connectivity index (χ2n) is 4.08. The van der Waals surface area contributed by atoms with Crippen LogP contribution in [0.4, 0.5) is 0 Å². The minimum absolute atomic E-state index is 0.169. The number of thiocarbonyl (C=S) groups is 1. The van der Waals surface area contributed by atoms with E-state index in [4.69, 9.17) is 22.7 Å². The molecule has 2 aromatic rings. The third-order valence-corrected chi connectivity index (χ3v) is 2.97. The first kappa shape index (κ1) is 13.3. The van der Waals surface area contributed by atoms with Crippen molar-refractivity contribution in [3.8, 4) is 5.75 Å². The van der Waals surface area contributed by atoms with Crippen LogP contribution in [-0.2, 0) is 13.6 Å². The Labute approximate surface area is 115 Å². The quantitative estimate of drug-likeness (QED) is 0.813. The Balaban J connectivity index is 2.34. The van der Waals surface area contributed by atoms with Crippen LogP contribution in [0.25, 0.3) is 0 Å². The van der Waals surface area contributed by atoms with Crippen molar-refractivity contribution >= 4 is 17.2 Å². The highest BCUT2D eigenvalue weighted by molar-refractivity contribution is 7.80. The summed E-state index contributed by atoms with van der Waals surface area (Å²) in [5.74, 6) is 0.592. The van der Waals surface area contributed by atoms with Gasteiger partial charge in [-0.1, -0.05) is 18.3 Å². The monoisotopic (exact) mass is 278 g/mol. The van der Waals surface area contributed by atoms with Crippen molar-refractivity contribution in [2.24, 2.45) is 12.8 Å². The van der Waals surface area contributed by atoms with Crippen LogP contribution in [-0.4, -0.2) is 26.4 Å². The van der Waals surface area contributed by atoms with E-state index in [-0.39, 0.29) is 10.7 Å². The van der Waals surface area contributed by atoms with Gasteiger partial charge >= 0.3 is 5.69 Å². The molecule has 0 saturated carbocycles. The van der Waals surface area contributed by atoms with Crippen molar-refractivity contribution in [3.05, 3.63) is 46.1 Å². The minimum atomic E-state index is -0.169. The summed E-state index contributed by atoms with van der Waals surface area (Å²) >= 11 is 4.94. The molecule has 19 heavy (non-hydrogen) atoms. The summed E-state index contributed by atoms with van der Waals surface area (Å²) in [6.07, 6.45) is 1.48. The molecule has 0 aliphatic carbocycles. The summed E-state index contributed by atoms with van der Waals surface area (Å²) in [5, 5.41) is 4.00. The standard InChI is InChI=1S/C12H14N4O2S/c1-15-7-14-16(12(15)17)6-8-3-4-9(11(13)19)10(5-8)18-2/h3-5,7H,6H2,1-2H3,(H2,13,19). The number of ether oxygens (including phenoxy) is 1. The predicted octanol–water partition coefficient (Wildman–Crippen LogP) is 0.273. The molecule has 0 aliphatic heterocycles. The van der Waals surface area contributed by atoms with Gasteiger partial charge in [-0.2, -0.15) is 5.10 Å². The maximum Gasteiger partial charge on any atom is 0.345 e. The lowest BCUT2D eigenvalue weighted by atomic mass is 10.1. The Kier molecular flexibility index (Phi) is 3.66. The van der Waals surface area contributed by atoms with Gasteiger partial charge in [-0.25, -0.2) is 9.48 Å². The Hall–Kier alpha value is -2.15. The van der Waals surface area contributed by atoms with Crippen molar-refractivity contribution in [1.29, 1.82) is 0 Å². The Morgan fingerprint density at radius 1 is 1.53 bits per heavy atom. The van der Waals surface area contributed by atoms with Crippen LogP contribution in [0.3, 0.4) is 0 Å². The Bertz CT molecular complexity index is 675. The lowest BCUT2D eigenvalue weighted by molar-refractivity contribution is 0.413. The predicted molar refractivity (Wildman–Crippen MR) is 75.5 cm³/mol. The normalized spacial score (nSPS) is 10.4. The van der Waals surface area contributed by atoms with Gasteiger partial charge in [0.25, 0.3) is 0 Å². The van der Waals surface area contributed by atoms with E-state index >= 15 is 0 Å². The highest BCUT2D eigenvalue weighted by Gasteiger charge is 2.08. The van der Waals surface area contributed by atoms with Crippen molar-refractivity contribution in [2.75, 3.05) is 7.11 Å². The fraction of sp³-hybridized carbons (Fsp3) is 0.250. The summed E-state index contributed by atoms with van der Waals surface area (Å²) in [6, 6.07) is 5.43. The fourth-order valence-corrected chi connectivity index (χ4v) is 1.91. The molecule has 0 saturated heterocycles. The first-order chi connectivity index (χ1) is 9.02. The number of nitrogens with two attached hydrogens (primary N) is 1. The maximum atomic E-state index is 11.7. The molecule has 1 aromatic heterocycles. The van der Waals surface area contributed by atoms with Gasteiger partial charge in [0.1, 0.15) is 17.1 Å². The van der Waals surface area contributed by atoms with Gasteiger partial charge in [0.2, 0.25) is 0 Å². The average Bonchev–Trinajstić information content (AvgIpc) is 2.70. The number of hydrogen-bond acceptors (Lipinski definition) is 4. The van der Waals surface area contributed by atoms with Crippen LogP contribution in [0.5, 0.6) is 5.75 Å². The molecule has 0 unspecified atom stereocenters. The van der Waals surface area contributed by atoms with Crippen LogP contribution in [0.15, 0.2) is 29.3 Å². The molecule has 7 heteroatoms. The molecule has 0 fully saturated rings. The van der Waals surface area contributed by atoms with E-state index in [2.05, 4.69) is 5.10 Å². The largest absolute Gasteiger partial charge is 0.496 e. The van der Waals surface area contributed by atoms with E-state index in [9.17, 15) is 4.79 Å². The second-order valence-corrected chi connectivity index (χ2v) is 4.52. The minimum Gasteiger partial charge on any atom is -0.496 e. The Morgan fingerprint density at radius 2 is 2.26 bits per heavy atom. The van der Waals surface area contributed by atoms with Crippen LogP contribution >= 0.6 is 12.2 Å². The SMILES string of the molecule is COc1cc(Cn2ncn(C)c2=O)ccc1C(N)=S. The lowest BCUT2D eigenvalue weighted by Gasteiger charge is -2.09. The van der Waals surface area contributed by atoms with E-state index in [0.717, 1.165) is 5.56 Å². The smallest absolute Gasteiger partial charge is 0.345 e. The van der Waals surface area contributed by atoms with Crippen LogP contribution in [0.2, 0.25) is 0 Å². The van der Waals surface area contributed by atoms with Gasteiger partial charge < -0.3 is 10.5 Å². The fourth-order valence-electron chi connectivity index (χ4n) is 1.74. The zero-order valence-corrected chi connectivity index (χ0v) is 11.5. The first-order valence-electron chi connectivity index (χ1n) is 5.58.